The van der Waals surface area contributed by atoms with Crippen LogP contribution in [0.5, 0.6) is 5.75 Å². The number of ether oxygens (including phenoxy) is 1. The molecule has 0 saturated carbocycles. The molecule has 0 fully saturated rings. The first-order chi connectivity index (χ1) is 9.90. The smallest absolute Gasteiger partial charge is 0.258 e. The molecule has 0 radical (unpaired) electrons. The molecule has 3 N–H and O–H groups in total. The molecule has 0 atom stereocenters. The summed E-state index contributed by atoms with van der Waals surface area (Å²) >= 11 is 0. The predicted molar refractivity (Wildman–Crippen MR) is 85.2 cm³/mol. The van der Waals surface area contributed by atoms with Crippen molar-refractivity contribution < 1.29 is 9.53 Å². The monoisotopic (exact) mass is 286 g/mol. The van der Waals surface area contributed by atoms with Gasteiger partial charge in [0.15, 0.2) is 6.61 Å². The van der Waals surface area contributed by atoms with Crippen LogP contribution in [0.15, 0.2) is 36.4 Å². The molecule has 0 unspecified atom stereocenters. The third kappa shape index (κ3) is 3.95. The van der Waals surface area contributed by atoms with E-state index in [4.69, 9.17) is 10.5 Å². The first kappa shape index (κ1) is 15.3. The van der Waals surface area contributed by atoms with Crippen LogP contribution in [0.4, 0.5) is 0 Å². The third-order valence-corrected chi connectivity index (χ3v) is 3.07. The lowest BCUT2D eigenvalue weighted by atomic mass is 10.0. The molecule has 0 bridgehead atoms. The Hall–Kier alpha value is -2.07. The van der Waals surface area contributed by atoms with Crippen molar-refractivity contribution in [2.24, 2.45) is 5.73 Å². The van der Waals surface area contributed by atoms with E-state index in [1.54, 1.807) is 0 Å². The van der Waals surface area contributed by atoms with E-state index in [-0.39, 0.29) is 18.1 Å². The first-order valence-electron chi connectivity index (χ1n) is 7.05. The topological polar surface area (TPSA) is 64.3 Å². The molecule has 0 aliphatic rings. The van der Waals surface area contributed by atoms with E-state index in [9.17, 15) is 4.79 Å². The van der Waals surface area contributed by atoms with Crippen LogP contribution in [0.3, 0.4) is 0 Å². The zero-order chi connectivity index (χ0) is 15.5. The van der Waals surface area contributed by atoms with E-state index in [0.717, 1.165) is 16.3 Å². The summed E-state index contributed by atoms with van der Waals surface area (Å²) in [4.78, 5) is 11.8. The van der Waals surface area contributed by atoms with Crippen LogP contribution in [0.1, 0.15) is 26.3 Å². The van der Waals surface area contributed by atoms with Gasteiger partial charge in [0.2, 0.25) is 0 Å². The Morgan fingerprint density at radius 2 is 1.90 bits per heavy atom. The van der Waals surface area contributed by atoms with Crippen molar-refractivity contribution in [1.29, 1.82) is 0 Å². The SMILES string of the molecule is CC(C)(C)NC(=O)COc1ccc2ccccc2c1CN. The second-order valence-electron chi connectivity index (χ2n) is 6.05. The molecule has 0 spiro atoms. The second kappa shape index (κ2) is 6.14. The maximum atomic E-state index is 11.8. The van der Waals surface area contributed by atoms with Crippen LogP contribution in [0.2, 0.25) is 0 Å². The highest BCUT2D eigenvalue weighted by Crippen LogP contribution is 2.27. The average Bonchev–Trinajstić information content (AvgIpc) is 2.42. The second-order valence-corrected chi connectivity index (χ2v) is 6.05. The zero-order valence-electron chi connectivity index (χ0n) is 12.8. The summed E-state index contributed by atoms with van der Waals surface area (Å²) < 4.78 is 5.65. The van der Waals surface area contributed by atoms with E-state index in [1.165, 1.54) is 0 Å². The molecule has 0 heterocycles. The maximum Gasteiger partial charge on any atom is 0.258 e. The van der Waals surface area contributed by atoms with Crippen molar-refractivity contribution >= 4 is 16.7 Å². The van der Waals surface area contributed by atoms with E-state index >= 15 is 0 Å². The lowest BCUT2D eigenvalue weighted by Gasteiger charge is -2.21. The molecule has 2 rings (SSSR count). The number of hydrogen-bond donors (Lipinski definition) is 2. The molecular weight excluding hydrogens is 264 g/mol. The molecule has 112 valence electrons. The van der Waals surface area contributed by atoms with E-state index in [2.05, 4.69) is 5.32 Å². The highest BCUT2D eigenvalue weighted by atomic mass is 16.5. The number of hydrogen-bond acceptors (Lipinski definition) is 3. The van der Waals surface area contributed by atoms with Crippen molar-refractivity contribution in [2.45, 2.75) is 32.9 Å². The van der Waals surface area contributed by atoms with E-state index in [1.807, 2.05) is 57.2 Å². The number of carbonyl (C=O) groups is 1. The fourth-order valence-corrected chi connectivity index (χ4v) is 2.26. The van der Waals surface area contributed by atoms with Crippen molar-refractivity contribution in [3.63, 3.8) is 0 Å². The Balaban J connectivity index is 2.17. The van der Waals surface area contributed by atoms with Crippen LogP contribution in [-0.4, -0.2) is 18.1 Å². The summed E-state index contributed by atoms with van der Waals surface area (Å²) in [5.74, 6) is 0.527. The van der Waals surface area contributed by atoms with Crippen LogP contribution < -0.4 is 15.8 Å². The van der Waals surface area contributed by atoms with Crippen molar-refractivity contribution in [2.75, 3.05) is 6.61 Å². The van der Waals surface area contributed by atoms with Crippen LogP contribution in [0.25, 0.3) is 10.8 Å². The number of rotatable bonds is 4. The molecule has 2 aromatic carbocycles. The van der Waals surface area contributed by atoms with Crippen LogP contribution in [-0.2, 0) is 11.3 Å². The first-order valence-corrected chi connectivity index (χ1v) is 7.05. The number of carbonyl (C=O) groups excluding carboxylic acids is 1. The summed E-state index contributed by atoms with van der Waals surface area (Å²) in [5, 5.41) is 5.05. The van der Waals surface area contributed by atoms with Gasteiger partial charge >= 0.3 is 0 Å². The van der Waals surface area contributed by atoms with Gasteiger partial charge in [-0.1, -0.05) is 30.3 Å². The third-order valence-electron chi connectivity index (χ3n) is 3.07. The average molecular weight is 286 g/mol. The Morgan fingerprint density at radius 1 is 1.19 bits per heavy atom. The molecule has 4 nitrogen and oxygen atoms in total. The van der Waals surface area contributed by atoms with Gasteiger partial charge in [0.25, 0.3) is 5.91 Å². The molecule has 0 aliphatic heterocycles. The molecule has 2 aromatic rings. The van der Waals surface area contributed by atoms with Gasteiger partial charge in [-0.25, -0.2) is 0 Å². The van der Waals surface area contributed by atoms with Gasteiger partial charge in [-0.3, -0.25) is 4.79 Å². The van der Waals surface area contributed by atoms with Crippen molar-refractivity contribution in [1.82, 2.24) is 5.32 Å². The van der Waals surface area contributed by atoms with Crippen LogP contribution in [0, 0.1) is 0 Å². The summed E-state index contributed by atoms with van der Waals surface area (Å²) in [6.07, 6.45) is 0. The maximum absolute atomic E-state index is 11.8. The highest BCUT2D eigenvalue weighted by Gasteiger charge is 2.15. The molecule has 4 heteroatoms. The summed E-state index contributed by atoms with van der Waals surface area (Å²) in [6.45, 7) is 6.17. The van der Waals surface area contributed by atoms with E-state index < -0.39 is 0 Å². The normalized spacial score (nSPS) is 11.4. The van der Waals surface area contributed by atoms with Gasteiger partial charge in [-0.15, -0.1) is 0 Å². The molecule has 1 amide bonds. The molecule has 0 saturated heterocycles. The Bertz CT molecular complexity index is 645. The van der Waals surface area contributed by atoms with Gasteiger partial charge in [0, 0.05) is 17.6 Å². The van der Waals surface area contributed by atoms with Crippen molar-refractivity contribution in [3.05, 3.63) is 42.0 Å². The van der Waals surface area contributed by atoms with E-state index in [0.29, 0.717) is 12.3 Å². The van der Waals surface area contributed by atoms with Gasteiger partial charge < -0.3 is 15.8 Å². The fourth-order valence-electron chi connectivity index (χ4n) is 2.26. The minimum absolute atomic E-state index is 0.0113. The Kier molecular flexibility index (Phi) is 4.48. The predicted octanol–water partition coefficient (Wildman–Crippen LogP) is 2.59. The van der Waals surface area contributed by atoms with Gasteiger partial charge in [0.1, 0.15) is 5.75 Å². The number of nitrogens with two attached hydrogens (primary N) is 1. The lowest BCUT2D eigenvalue weighted by molar-refractivity contribution is -0.124. The standard InChI is InChI=1S/C17H22N2O2/c1-17(2,3)19-16(20)11-21-15-9-8-12-6-4-5-7-13(12)14(15)10-18/h4-9H,10-11,18H2,1-3H3,(H,19,20). The Labute approximate surface area is 125 Å². The lowest BCUT2D eigenvalue weighted by Crippen LogP contribution is -2.43. The molecule has 0 aliphatic carbocycles. The molecular formula is C17H22N2O2. The molecule has 0 aromatic heterocycles. The largest absolute Gasteiger partial charge is 0.483 e. The molecule has 21 heavy (non-hydrogen) atoms. The van der Waals surface area contributed by atoms with Crippen LogP contribution >= 0.6 is 0 Å². The van der Waals surface area contributed by atoms with Gasteiger partial charge in [-0.2, -0.15) is 0 Å². The Morgan fingerprint density at radius 3 is 2.57 bits per heavy atom. The number of benzene rings is 2. The highest BCUT2D eigenvalue weighted by molar-refractivity contribution is 5.88. The van der Waals surface area contributed by atoms with Gasteiger partial charge in [0.05, 0.1) is 0 Å². The fraction of sp³-hybridized carbons (Fsp3) is 0.353. The summed E-state index contributed by atoms with van der Waals surface area (Å²) in [5.41, 5.74) is 6.51. The quantitative estimate of drug-likeness (QED) is 0.908. The van der Waals surface area contributed by atoms with Gasteiger partial charge in [-0.05, 0) is 37.6 Å². The minimum Gasteiger partial charge on any atom is -0.483 e. The number of nitrogens with one attached hydrogen (secondary N) is 1. The van der Waals surface area contributed by atoms with Crippen molar-refractivity contribution in [3.8, 4) is 5.75 Å². The zero-order valence-corrected chi connectivity index (χ0v) is 12.8. The number of amides is 1. The minimum atomic E-state index is -0.263. The number of fused-ring (bicyclic) bond motifs is 1. The summed E-state index contributed by atoms with van der Waals surface area (Å²) in [6, 6.07) is 11.8. The summed E-state index contributed by atoms with van der Waals surface area (Å²) in [7, 11) is 0.